The van der Waals surface area contributed by atoms with E-state index in [4.69, 9.17) is 5.73 Å². The summed E-state index contributed by atoms with van der Waals surface area (Å²) in [6.45, 7) is 0. The zero-order valence-corrected chi connectivity index (χ0v) is 8.90. The Hall–Kier alpha value is -2.43. The van der Waals surface area contributed by atoms with Crippen molar-refractivity contribution in [3.63, 3.8) is 0 Å². The van der Waals surface area contributed by atoms with Gasteiger partial charge in [-0.15, -0.1) is 0 Å². The molecule has 0 aromatic heterocycles. The molecule has 1 aromatic carbocycles. The Bertz CT molecular complexity index is 538. The summed E-state index contributed by atoms with van der Waals surface area (Å²) < 4.78 is 22.0. The van der Waals surface area contributed by atoms with Gasteiger partial charge in [0, 0.05) is 5.69 Å². The number of nitro groups is 2. The number of rotatable bonds is 4. The summed E-state index contributed by atoms with van der Waals surface area (Å²) in [6, 6.07) is 4.19. The first-order valence-electron chi connectivity index (χ1n) is 3.96. The third-order valence-corrected chi connectivity index (χ3v) is 3.24. The van der Waals surface area contributed by atoms with Crippen LogP contribution in [-0.2, 0) is 10.0 Å². The number of hydrogen-bond donors (Lipinski definition) is 1. The third-order valence-electron chi connectivity index (χ3n) is 1.67. The zero-order valence-electron chi connectivity index (χ0n) is 8.09. The second-order valence-electron chi connectivity index (χ2n) is 2.77. The van der Waals surface area contributed by atoms with Crippen molar-refractivity contribution >= 4 is 15.7 Å². The van der Waals surface area contributed by atoms with Gasteiger partial charge in [0.25, 0.3) is 4.52 Å². The fourth-order valence-electron chi connectivity index (χ4n) is 0.969. The van der Waals surface area contributed by atoms with Crippen molar-refractivity contribution in [2.45, 2.75) is 4.90 Å². The van der Waals surface area contributed by atoms with Crippen LogP contribution in [0, 0.1) is 20.2 Å². The van der Waals surface area contributed by atoms with E-state index in [-0.39, 0.29) is 5.69 Å². The van der Waals surface area contributed by atoms with E-state index >= 15 is 0 Å². The van der Waals surface area contributed by atoms with Crippen LogP contribution in [-0.4, -0.2) is 23.0 Å². The minimum Gasteiger partial charge on any atom is -0.399 e. The summed E-state index contributed by atoms with van der Waals surface area (Å²) >= 11 is 0. The number of hydrogen-bond acceptors (Lipinski definition) is 7. The fraction of sp³-hybridized carbons (Fsp3) is 0. The summed E-state index contributed by atoms with van der Waals surface area (Å²) in [6.07, 6.45) is 0. The molecule has 0 amide bonds. The molecule has 2 N–H and O–H groups in total. The van der Waals surface area contributed by atoms with Crippen LogP contribution >= 0.6 is 0 Å². The Morgan fingerprint density at radius 1 is 1.06 bits per heavy atom. The van der Waals surface area contributed by atoms with E-state index < -0.39 is 29.5 Å². The van der Waals surface area contributed by atoms with Gasteiger partial charge in [-0.1, -0.05) is 0 Å². The largest absolute Gasteiger partial charge is 0.399 e. The molecule has 0 fully saturated rings. The van der Waals surface area contributed by atoms with E-state index in [1.165, 1.54) is 0 Å². The Morgan fingerprint density at radius 3 is 1.82 bits per heavy atom. The minimum absolute atomic E-state index is 0.220. The first-order chi connectivity index (χ1) is 7.76. The molecule has 0 aliphatic rings. The summed E-state index contributed by atoms with van der Waals surface area (Å²) in [5.74, 6) is 0. The molecule has 92 valence electrons. The maximum absolute atomic E-state index is 11.5. The van der Waals surface area contributed by atoms with Crippen LogP contribution in [0.25, 0.3) is 0 Å². The van der Waals surface area contributed by atoms with Crippen molar-refractivity contribution in [1.29, 1.82) is 0 Å². The van der Waals surface area contributed by atoms with Crippen LogP contribution in [0.2, 0.25) is 0 Å². The highest BCUT2D eigenvalue weighted by Crippen LogP contribution is 2.17. The van der Waals surface area contributed by atoms with Crippen molar-refractivity contribution in [2.24, 2.45) is 0 Å². The zero-order chi connectivity index (χ0) is 13.2. The van der Waals surface area contributed by atoms with E-state index in [1.807, 2.05) is 0 Å². The molecule has 17 heavy (non-hydrogen) atoms. The van der Waals surface area contributed by atoms with Gasteiger partial charge in [-0.25, -0.2) is 20.2 Å². The lowest BCUT2D eigenvalue weighted by Crippen LogP contribution is -2.40. The van der Waals surface area contributed by atoms with Gasteiger partial charge in [0.15, 0.2) is 0 Å². The molecular formula is C6H6N4O6S. The monoisotopic (exact) mass is 262 g/mol. The average molecular weight is 262 g/mol. The second kappa shape index (κ2) is 4.21. The van der Waals surface area contributed by atoms with Gasteiger partial charge >= 0.3 is 10.0 Å². The van der Waals surface area contributed by atoms with Crippen molar-refractivity contribution in [3.8, 4) is 0 Å². The molecule has 0 bridgehead atoms. The number of sulfonamides is 1. The fourth-order valence-corrected chi connectivity index (χ4v) is 1.99. The molecule has 0 unspecified atom stereocenters. The molecule has 0 saturated carbocycles. The van der Waals surface area contributed by atoms with Gasteiger partial charge in [-0.2, -0.15) is 8.42 Å². The predicted octanol–water partition coefficient (Wildman–Crippen LogP) is -0.357. The lowest BCUT2D eigenvalue weighted by Gasteiger charge is -2.04. The molecule has 0 radical (unpaired) electrons. The van der Waals surface area contributed by atoms with Crippen molar-refractivity contribution < 1.29 is 18.5 Å². The van der Waals surface area contributed by atoms with E-state index in [1.54, 1.807) is 0 Å². The minimum atomic E-state index is -4.84. The first-order valence-corrected chi connectivity index (χ1v) is 5.40. The molecule has 0 aliphatic carbocycles. The van der Waals surface area contributed by atoms with E-state index in [0.29, 0.717) is 0 Å². The molecule has 11 heteroatoms. The lowest BCUT2D eigenvalue weighted by molar-refractivity contribution is -0.870. The van der Waals surface area contributed by atoms with E-state index in [0.717, 1.165) is 24.3 Å². The molecule has 10 nitrogen and oxygen atoms in total. The summed E-state index contributed by atoms with van der Waals surface area (Å²) in [5, 5.41) is 17.4. The van der Waals surface area contributed by atoms with Crippen LogP contribution in [0.15, 0.2) is 29.2 Å². The smallest absolute Gasteiger partial charge is 0.380 e. The molecule has 0 spiro atoms. The van der Waals surface area contributed by atoms with Crippen LogP contribution in [0.5, 0.6) is 0 Å². The number of benzene rings is 1. The summed E-state index contributed by atoms with van der Waals surface area (Å²) in [7, 11) is -4.84. The van der Waals surface area contributed by atoms with Gasteiger partial charge < -0.3 is 5.73 Å². The molecule has 1 rings (SSSR count). The van der Waals surface area contributed by atoms with Crippen molar-refractivity contribution in [3.05, 3.63) is 44.5 Å². The van der Waals surface area contributed by atoms with E-state index in [2.05, 4.69) is 0 Å². The number of nitrogens with two attached hydrogens (primary N) is 1. The van der Waals surface area contributed by atoms with Gasteiger partial charge in [0.05, 0.1) is 4.90 Å². The van der Waals surface area contributed by atoms with Crippen LogP contribution < -0.4 is 5.73 Å². The maximum atomic E-state index is 11.5. The van der Waals surface area contributed by atoms with Crippen LogP contribution in [0.3, 0.4) is 0 Å². The molecule has 1 aromatic rings. The highest BCUT2D eigenvalue weighted by Gasteiger charge is 2.44. The molecular weight excluding hydrogens is 256 g/mol. The van der Waals surface area contributed by atoms with Crippen molar-refractivity contribution in [2.75, 3.05) is 5.73 Å². The molecule has 0 heterocycles. The quantitative estimate of drug-likeness (QED) is 0.442. The Balaban J connectivity index is 3.31. The number of hydrazine groups is 2. The average Bonchev–Trinajstić information content (AvgIpc) is 2.16. The predicted molar refractivity (Wildman–Crippen MR) is 53.9 cm³/mol. The van der Waals surface area contributed by atoms with Gasteiger partial charge in [0.1, 0.15) is 0 Å². The SMILES string of the molecule is Nc1ccc(S(=O)(=O)N([N+](=O)[O-])[N+](=O)[O-])cc1. The Kier molecular flexibility index (Phi) is 3.13. The first kappa shape index (κ1) is 12.6. The maximum Gasteiger partial charge on any atom is 0.380 e. The highest BCUT2D eigenvalue weighted by atomic mass is 32.2. The number of nitrogen functional groups attached to an aromatic ring is 1. The van der Waals surface area contributed by atoms with Gasteiger partial charge in [-0.3, -0.25) is 0 Å². The van der Waals surface area contributed by atoms with Gasteiger partial charge in [0.2, 0.25) is 10.1 Å². The number of anilines is 1. The standard InChI is InChI=1S/C6H6N4O6S/c7-5-1-3-6(4-2-5)17(15,16)8(9(11)12)10(13)14/h1-4H,7H2. The second-order valence-corrected chi connectivity index (χ2v) is 4.52. The summed E-state index contributed by atoms with van der Waals surface area (Å²) in [5.41, 5.74) is 5.51. The Morgan fingerprint density at radius 2 is 1.47 bits per heavy atom. The molecule has 0 aliphatic heterocycles. The van der Waals surface area contributed by atoms with Crippen LogP contribution in [0.1, 0.15) is 0 Å². The summed E-state index contributed by atoms with van der Waals surface area (Å²) in [4.78, 5) is 20.0. The number of nitrogens with zero attached hydrogens (tertiary/aromatic N) is 3. The molecule has 0 saturated heterocycles. The van der Waals surface area contributed by atoms with E-state index in [9.17, 15) is 28.6 Å². The third kappa shape index (κ3) is 2.39. The van der Waals surface area contributed by atoms with Crippen molar-refractivity contribution in [1.82, 2.24) is 4.52 Å². The lowest BCUT2D eigenvalue weighted by atomic mass is 10.3. The Labute approximate surface area is 94.5 Å². The van der Waals surface area contributed by atoms with Crippen LogP contribution in [0.4, 0.5) is 5.69 Å². The molecule has 0 atom stereocenters. The highest BCUT2D eigenvalue weighted by molar-refractivity contribution is 7.88. The topological polar surface area (TPSA) is 150 Å². The normalized spacial score (nSPS) is 10.8. The van der Waals surface area contributed by atoms with Gasteiger partial charge in [-0.05, 0) is 24.3 Å².